The van der Waals surface area contributed by atoms with Gasteiger partial charge in [-0.25, -0.2) is 4.39 Å². The second-order valence-electron chi connectivity index (χ2n) is 5.10. The summed E-state index contributed by atoms with van der Waals surface area (Å²) in [6, 6.07) is 5.65. The monoisotopic (exact) mass is 266 g/mol. The van der Waals surface area contributed by atoms with Crippen LogP contribution < -0.4 is 10.2 Å². The van der Waals surface area contributed by atoms with Crippen LogP contribution in [0.2, 0.25) is 0 Å². The van der Waals surface area contributed by atoms with Gasteiger partial charge < -0.3 is 15.3 Å². The molecule has 0 radical (unpaired) electrons. The van der Waals surface area contributed by atoms with Crippen LogP contribution >= 0.6 is 0 Å². The summed E-state index contributed by atoms with van der Waals surface area (Å²) >= 11 is 0. The van der Waals surface area contributed by atoms with E-state index in [9.17, 15) is 9.50 Å². The predicted molar refractivity (Wildman–Crippen MR) is 75.9 cm³/mol. The second-order valence-corrected chi connectivity index (χ2v) is 5.10. The van der Waals surface area contributed by atoms with Gasteiger partial charge in [-0.2, -0.15) is 0 Å². The molecule has 0 amide bonds. The largest absolute Gasteiger partial charge is 0.395 e. The van der Waals surface area contributed by atoms with Gasteiger partial charge in [-0.3, -0.25) is 0 Å². The minimum atomic E-state index is -0.172. The van der Waals surface area contributed by atoms with Crippen molar-refractivity contribution in [3.8, 4) is 0 Å². The summed E-state index contributed by atoms with van der Waals surface area (Å²) in [5.41, 5.74) is 1.63. The molecular weight excluding hydrogens is 243 g/mol. The van der Waals surface area contributed by atoms with E-state index in [2.05, 4.69) is 10.2 Å². The molecule has 1 saturated carbocycles. The lowest BCUT2D eigenvalue weighted by molar-refractivity contribution is 0.301. The topological polar surface area (TPSA) is 35.5 Å². The van der Waals surface area contributed by atoms with E-state index in [1.54, 1.807) is 6.07 Å². The van der Waals surface area contributed by atoms with Crippen LogP contribution in [0.3, 0.4) is 0 Å². The first-order valence-electron chi connectivity index (χ1n) is 7.08. The number of hydrogen-bond donors (Lipinski definition) is 2. The molecule has 1 aliphatic carbocycles. The van der Waals surface area contributed by atoms with Crippen molar-refractivity contribution in [1.82, 2.24) is 5.32 Å². The van der Waals surface area contributed by atoms with E-state index < -0.39 is 0 Å². The van der Waals surface area contributed by atoms with E-state index in [4.69, 9.17) is 0 Å². The van der Waals surface area contributed by atoms with E-state index in [0.29, 0.717) is 18.2 Å². The Kier molecular flexibility index (Phi) is 4.77. The van der Waals surface area contributed by atoms with E-state index in [1.807, 2.05) is 19.9 Å². The minimum absolute atomic E-state index is 0.0267. The highest BCUT2D eigenvalue weighted by molar-refractivity contribution is 5.57. The Morgan fingerprint density at radius 2 is 2.21 bits per heavy atom. The first kappa shape index (κ1) is 14.3. The number of rotatable bonds is 7. The highest BCUT2D eigenvalue weighted by atomic mass is 19.1. The highest BCUT2D eigenvalue weighted by Crippen LogP contribution is 2.36. The first-order valence-corrected chi connectivity index (χ1v) is 7.08. The Labute approximate surface area is 114 Å². The highest BCUT2D eigenvalue weighted by Gasteiger charge is 2.31. The molecule has 0 bridgehead atoms. The predicted octanol–water partition coefficient (Wildman–Crippen LogP) is 2.46. The Bertz CT molecular complexity index is 421. The van der Waals surface area contributed by atoms with Crippen molar-refractivity contribution in [2.24, 2.45) is 0 Å². The third-order valence-corrected chi connectivity index (χ3v) is 3.61. The molecule has 2 rings (SSSR count). The summed E-state index contributed by atoms with van der Waals surface area (Å²) in [7, 11) is 0. The maximum absolute atomic E-state index is 14.2. The molecule has 0 spiro atoms. The maximum atomic E-state index is 14.2. The van der Waals surface area contributed by atoms with Crippen LogP contribution in [0, 0.1) is 5.82 Å². The molecule has 106 valence electrons. The van der Waals surface area contributed by atoms with Gasteiger partial charge in [0.15, 0.2) is 0 Å². The van der Waals surface area contributed by atoms with Gasteiger partial charge in [-0.15, -0.1) is 0 Å². The fourth-order valence-electron chi connectivity index (χ4n) is 2.61. The molecule has 0 saturated heterocycles. The van der Waals surface area contributed by atoms with Crippen LogP contribution in [0.25, 0.3) is 0 Å². The Morgan fingerprint density at radius 1 is 1.47 bits per heavy atom. The van der Waals surface area contributed by atoms with Crippen molar-refractivity contribution in [2.45, 2.75) is 38.8 Å². The minimum Gasteiger partial charge on any atom is -0.395 e. The standard InChI is InChI=1S/C15H23FN2O/c1-3-17-11(2)15-13(16)5-4-6-14(15)18(9-10-19)12-7-8-12/h4-6,11-12,17,19H,3,7-10H2,1-2H3. The third kappa shape index (κ3) is 3.25. The zero-order chi connectivity index (χ0) is 13.8. The number of nitrogens with zero attached hydrogens (tertiary/aromatic N) is 1. The molecule has 1 aliphatic rings. The third-order valence-electron chi connectivity index (χ3n) is 3.61. The van der Waals surface area contributed by atoms with E-state index >= 15 is 0 Å². The maximum Gasteiger partial charge on any atom is 0.130 e. The van der Waals surface area contributed by atoms with Gasteiger partial charge in [0, 0.05) is 29.9 Å². The molecule has 0 aliphatic heterocycles. The summed E-state index contributed by atoms with van der Waals surface area (Å²) in [6.45, 7) is 5.47. The summed E-state index contributed by atoms with van der Waals surface area (Å²) in [5.74, 6) is -0.172. The van der Waals surface area contributed by atoms with Crippen molar-refractivity contribution in [3.63, 3.8) is 0 Å². The molecule has 1 aromatic carbocycles. The number of nitrogens with one attached hydrogen (secondary N) is 1. The van der Waals surface area contributed by atoms with Gasteiger partial charge in [0.05, 0.1) is 6.61 Å². The number of hydrogen-bond acceptors (Lipinski definition) is 3. The average Bonchev–Trinajstić information content (AvgIpc) is 3.20. The molecule has 4 heteroatoms. The lowest BCUT2D eigenvalue weighted by Crippen LogP contribution is -2.31. The van der Waals surface area contributed by atoms with Crippen molar-refractivity contribution >= 4 is 5.69 Å². The van der Waals surface area contributed by atoms with Crippen LogP contribution in [0.5, 0.6) is 0 Å². The van der Waals surface area contributed by atoms with Crippen LogP contribution in [0.4, 0.5) is 10.1 Å². The Morgan fingerprint density at radius 3 is 2.79 bits per heavy atom. The van der Waals surface area contributed by atoms with Crippen molar-refractivity contribution < 1.29 is 9.50 Å². The summed E-state index contributed by atoms with van der Waals surface area (Å²) < 4.78 is 14.2. The van der Waals surface area contributed by atoms with Gasteiger partial charge in [0.2, 0.25) is 0 Å². The lowest BCUT2D eigenvalue weighted by Gasteiger charge is -2.29. The van der Waals surface area contributed by atoms with Crippen LogP contribution in [0.1, 0.15) is 38.3 Å². The smallest absolute Gasteiger partial charge is 0.130 e. The van der Waals surface area contributed by atoms with Crippen LogP contribution in [-0.4, -0.2) is 30.8 Å². The van der Waals surface area contributed by atoms with Crippen molar-refractivity contribution in [1.29, 1.82) is 0 Å². The first-order chi connectivity index (χ1) is 9.19. The molecule has 19 heavy (non-hydrogen) atoms. The van der Waals surface area contributed by atoms with E-state index in [1.165, 1.54) is 6.07 Å². The van der Waals surface area contributed by atoms with Crippen molar-refractivity contribution in [2.75, 3.05) is 24.6 Å². The average molecular weight is 266 g/mol. The molecule has 1 fully saturated rings. The number of benzene rings is 1. The molecule has 3 nitrogen and oxygen atoms in total. The molecule has 2 N–H and O–H groups in total. The van der Waals surface area contributed by atoms with Gasteiger partial charge >= 0.3 is 0 Å². The summed E-state index contributed by atoms with van der Waals surface area (Å²) in [4.78, 5) is 2.15. The van der Waals surface area contributed by atoms with Gasteiger partial charge in [0.1, 0.15) is 5.82 Å². The summed E-state index contributed by atoms with van der Waals surface area (Å²) in [5, 5.41) is 12.5. The second kappa shape index (κ2) is 6.35. The van der Waals surface area contributed by atoms with Gasteiger partial charge in [0.25, 0.3) is 0 Å². The Balaban J connectivity index is 2.34. The molecule has 1 unspecified atom stereocenters. The molecular formula is C15H23FN2O. The zero-order valence-electron chi connectivity index (χ0n) is 11.7. The Hall–Kier alpha value is -1.13. The SMILES string of the molecule is CCNC(C)c1c(F)cccc1N(CCO)C1CC1. The number of halogens is 1. The molecule has 0 aromatic heterocycles. The molecule has 1 aromatic rings. The fraction of sp³-hybridized carbons (Fsp3) is 0.600. The van der Waals surface area contributed by atoms with Crippen LogP contribution in [0.15, 0.2) is 18.2 Å². The van der Waals surface area contributed by atoms with E-state index in [-0.39, 0.29) is 18.5 Å². The zero-order valence-corrected chi connectivity index (χ0v) is 11.7. The van der Waals surface area contributed by atoms with Gasteiger partial charge in [-0.05, 0) is 38.4 Å². The summed E-state index contributed by atoms with van der Waals surface area (Å²) in [6.07, 6.45) is 2.26. The number of anilines is 1. The normalized spacial score (nSPS) is 16.4. The quantitative estimate of drug-likeness (QED) is 0.796. The molecule has 1 atom stereocenters. The number of aliphatic hydroxyl groups is 1. The van der Waals surface area contributed by atoms with Crippen molar-refractivity contribution in [3.05, 3.63) is 29.6 Å². The lowest BCUT2D eigenvalue weighted by atomic mass is 10.0. The van der Waals surface area contributed by atoms with Gasteiger partial charge in [-0.1, -0.05) is 13.0 Å². The molecule has 0 heterocycles. The number of aliphatic hydroxyl groups excluding tert-OH is 1. The van der Waals surface area contributed by atoms with E-state index in [0.717, 1.165) is 25.1 Å². The fourth-order valence-corrected chi connectivity index (χ4v) is 2.61. The van der Waals surface area contributed by atoms with Crippen LogP contribution in [-0.2, 0) is 0 Å².